The molecule has 1 saturated heterocycles. The van der Waals surface area contributed by atoms with Crippen molar-refractivity contribution in [3.63, 3.8) is 0 Å². The molecule has 1 aromatic carbocycles. The summed E-state index contributed by atoms with van der Waals surface area (Å²) in [7, 11) is 0. The molecule has 0 atom stereocenters. The van der Waals surface area contributed by atoms with Crippen molar-refractivity contribution in [3.8, 4) is 5.69 Å². The van der Waals surface area contributed by atoms with Gasteiger partial charge in [0.1, 0.15) is 5.39 Å². The largest absolute Gasteiger partial charge is 0.346 e. The number of carbonyl (C=O) groups is 2. The molecule has 1 aliphatic heterocycles. The molecule has 1 aliphatic rings. The molecule has 4 rings (SSSR count). The van der Waals surface area contributed by atoms with Gasteiger partial charge in [0.15, 0.2) is 10.8 Å². The Hall–Kier alpha value is -3.14. The zero-order valence-electron chi connectivity index (χ0n) is 15.6. The van der Waals surface area contributed by atoms with Gasteiger partial charge in [-0.15, -0.1) is 0 Å². The molecule has 29 heavy (non-hydrogen) atoms. The van der Waals surface area contributed by atoms with Gasteiger partial charge in [0.05, 0.1) is 24.2 Å². The topological polar surface area (TPSA) is 113 Å². The monoisotopic (exact) mass is 412 g/mol. The highest BCUT2D eigenvalue weighted by atomic mass is 32.2. The van der Waals surface area contributed by atoms with E-state index in [1.165, 1.54) is 6.20 Å². The minimum atomic E-state index is -0.315. The molecule has 0 unspecified atom stereocenters. The molecular weight excluding hydrogens is 392 g/mol. The maximum atomic E-state index is 12.3. The van der Waals surface area contributed by atoms with Gasteiger partial charge in [0.25, 0.3) is 5.56 Å². The van der Waals surface area contributed by atoms with Crippen molar-refractivity contribution in [2.75, 3.05) is 25.4 Å². The second-order valence-electron chi connectivity index (χ2n) is 6.65. The van der Waals surface area contributed by atoms with Crippen LogP contribution in [0.4, 0.5) is 0 Å². The number of para-hydroxylation sites is 1. The van der Waals surface area contributed by atoms with E-state index in [0.717, 1.165) is 43.4 Å². The maximum Gasteiger partial charge on any atom is 0.262 e. The quantitative estimate of drug-likeness (QED) is 0.460. The molecule has 2 N–H and O–H groups in total. The number of benzene rings is 1. The number of likely N-dealkylation sites (tertiary alicyclic amines) is 1. The van der Waals surface area contributed by atoms with Gasteiger partial charge in [-0.2, -0.15) is 5.10 Å². The van der Waals surface area contributed by atoms with Crippen LogP contribution in [0.1, 0.15) is 12.8 Å². The molecule has 3 heterocycles. The Morgan fingerprint density at radius 1 is 1.17 bits per heavy atom. The number of aromatic nitrogens is 4. The minimum absolute atomic E-state index is 0.0108. The molecule has 1 fully saturated rings. The highest BCUT2D eigenvalue weighted by molar-refractivity contribution is 7.99. The lowest BCUT2D eigenvalue weighted by atomic mass is 10.3. The van der Waals surface area contributed by atoms with E-state index in [1.807, 2.05) is 30.3 Å². The lowest BCUT2D eigenvalue weighted by Gasteiger charge is -2.15. The lowest BCUT2D eigenvalue weighted by molar-refractivity contribution is -0.131. The van der Waals surface area contributed by atoms with Crippen LogP contribution in [0.3, 0.4) is 0 Å². The van der Waals surface area contributed by atoms with E-state index in [9.17, 15) is 14.4 Å². The number of H-pyrrole nitrogens is 1. The minimum Gasteiger partial charge on any atom is -0.346 e. The molecule has 0 aliphatic carbocycles. The Bertz CT molecular complexity index is 1090. The van der Waals surface area contributed by atoms with Crippen LogP contribution in [-0.2, 0) is 9.59 Å². The summed E-state index contributed by atoms with van der Waals surface area (Å²) in [4.78, 5) is 45.3. The number of nitrogens with zero attached hydrogens (tertiary/aromatic N) is 4. The second-order valence-corrected chi connectivity index (χ2v) is 7.62. The highest BCUT2D eigenvalue weighted by Crippen LogP contribution is 2.17. The third-order valence-electron chi connectivity index (χ3n) is 4.65. The molecule has 2 amide bonds. The number of nitrogens with one attached hydrogen (secondary N) is 2. The van der Waals surface area contributed by atoms with Crippen molar-refractivity contribution in [3.05, 3.63) is 46.9 Å². The van der Waals surface area contributed by atoms with E-state index >= 15 is 0 Å². The Kier molecular flexibility index (Phi) is 5.61. The molecule has 0 radical (unpaired) electrons. The van der Waals surface area contributed by atoms with Crippen molar-refractivity contribution in [1.82, 2.24) is 30.0 Å². The van der Waals surface area contributed by atoms with Gasteiger partial charge < -0.3 is 15.2 Å². The molecular formula is C19H20N6O3S. The molecule has 3 aromatic rings. The van der Waals surface area contributed by atoms with Crippen LogP contribution in [-0.4, -0.2) is 61.8 Å². The SMILES string of the molecule is O=C(CSc1nc2c(cnn2-c2ccccc2)c(=O)[nH]1)NCC(=O)N1CCCC1. The zero-order chi connectivity index (χ0) is 20.2. The molecule has 150 valence electrons. The highest BCUT2D eigenvalue weighted by Gasteiger charge is 2.18. The van der Waals surface area contributed by atoms with Gasteiger partial charge in [0.2, 0.25) is 11.8 Å². The second kappa shape index (κ2) is 8.48. The first-order valence-electron chi connectivity index (χ1n) is 9.32. The summed E-state index contributed by atoms with van der Waals surface area (Å²) in [5.74, 6) is -0.316. The van der Waals surface area contributed by atoms with Gasteiger partial charge in [-0.3, -0.25) is 14.4 Å². The summed E-state index contributed by atoms with van der Waals surface area (Å²) in [5, 5.41) is 7.57. The van der Waals surface area contributed by atoms with E-state index in [2.05, 4.69) is 20.4 Å². The van der Waals surface area contributed by atoms with Crippen molar-refractivity contribution >= 4 is 34.6 Å². The summed E-state index contributed by atoms with van der Waals surface area (Å²) in [6.07, 6.45) is 3.49. The smallest absolute Gasteiger partial charge is 0.262 e. The zero-order valence-corrected chi connectivity index (χ0v) is 16.4. The first kappa shape index (κ1) is 19.2. The Morgan fingerprint density at radius 3 is 2.69 bits per heavy atom. The number of fused-ring (bicyclic) bond motifs is 1. The molecule has 10 heteroatoms. The fourth-order valence-electron chi connectivity index (χ4n) is 3.16. The van der Waals surface area contributed by atoms with Crippen LogP contribution in [0, 0.1) is 0 Å². The number of amides is 2. The fraction of sp³-hybridized carbons (Fsp3) is 0.316. The van der Waals surface area contributed by atoms with Gasteiger partial charge >= 0.3 is 0 Å². The summed E-state index contributed by atoms with van der Waals surface area (Å²) in [6.45, 7) is 1.50. The van der Waals surface area contributed by atoms with Crippen LogP contribution in [0.2, 0.25) is 0 Å². The number of aromatic amines is 1. The number of carbonyl (C=O) groups excluding carboxylic acids is 2. The Labute approximate surface area is 170 Å². The molecule has 2 aromatic heterocycles. The summed E-state index contributed by atoms with van der Waals surface area (Å²) >= 11 is 1.10. The Balaban J connectivity index is 1.42. The normalized spacial score (nSPS) is 13.7. The standard InChI is InChI=1S/C19H20N6O3S/c26-15(20-11-16(27)24-8-4-5-9-24)12-29-19-22-17-14(18(28)23-19)10-21-25(17)13-6-2-1-3-7-13/h1-3,6-7,10H,4-5,8-9,11-12H2,(H,20,26)(H,22,23,28). The predicted molar refractivity (Wildman–Crippen MR) is 109 cm³/mol. The third kappa shape index (κ3) is 4.32. The average Bonchev–Trinajstić information content (AvgIpc) is 3.41. The van der Waals surface area contributed by atoms with Crippen molar-refractivity contribution < 1.29 is 9.59 Å². The van der Waals surface area contributed by atoms with Crippen LogP contribution in [0.15, 0.2) is 46.5 Å². The molecule has 0 bridgehead atoms. The molecule has 0 saturated carbocycles. The van der Waals surface area contributed by atoms with Crippen LogP contribution < -0.4 is 10.9 Å². The fourth-order valence-corrected chi connectivity index (χ4v) is 3.85. The van der Waals surface area contributed by atoms with E-state index in [0.29, 0.717) is 16.2 Å². The summed E-state index contributed by atoms with van der Waals surface area (Å²) in [6, 6.07) is 9.38. The van der Waals surface area contributed by atoms with Gasteiger partial charge in [-0.25, -0.2) is 9.67 Å². The summed E-state index contributed by atoms with van der Waals surface area (Å²) in [5.41, 5.74) is 0.895. The van der Waals surface area contributed by atoms with Crippen LogP contribution >= 0.6 is 11.8 Å². The lowest BCUT2D eigenvalue weighted by Crippen LogP contribution is -2.39. The van der Waals surface area contributed by atoms with Gasteiger partial charge in [-0.1, -0.05) is 30.0 Å². The number of thioether (sulfide) groups is 1. The number of hydrogen-bond donors (Lipinski definition) is 2. The van der Waals surface area contributed by atoms with Crippen LogP contribution in [0.25, 0.3) is 16.7 Å². The van der Waals surface area contributed by atoms with Crippen molar-refractivity contribution in [2.45, 2.75) is 18.0 Å². The van der Waals surface area contributed by atoms with E-state index < -0.39 is 0 Å². The Morgan fingerprint density at radius 2 is 1.93 bits per heavy atom. The first-order chi connectivity index (χ1) is 14.1. The van der Waals surface area contributed by atoms with Crippen LogP contribution in [0.5, 0.6) is 0 Å². The maximum absolute atomic E-state index is 12.3. The van der Waals surface area contributed by atoms with Gasteiger partial charge in [0, 0.05) is 13.1 Å². The van der Waals surface area contributed by atoms with Crippen molar-refractivity contribution in [1.29, 1.82) is 0 Å². The molecule has 9 nitrogen and oxygen atoms in total. The summed E-state index contributed by atoms with van der Waals surface area (Å²) < 4.78 is 1.59. The van der Waals surface area contributed by atoms with E-state index in [1.54, 1.807) is 9.58 Å². The molecule has 0 spiro atoms. The average molecular weight is 412 g/mol. The number of rotatable bonds is 6. The number of hydrogen-bond acceptors (Lipinski definition) is 6. The van der Waals surface area contributed by atoms with E-state index in [-0.39, 0.29) is 29.7 Å². The van der Waals surface area contributed by atoms with Crippen molar-refractivity contribution in [2.24, 2.45) is 0 Å². The van der Waals surface area contributed by atoms with Gasteiger partial charge in [-0.05, 0) is 25.0 Å². The predicted octanol–water partition coefficient (Wildman–Crippen LogP) is 0.939. The third-order valence-corrected chi connectivity index (χ3v) is 5.53. The van der Waals surface area contributed by atoms with E-state index in [4.69, 9.17) is 0 Å². The first-order valence-corrected chi connectivity index (χ1v) is 10.3.